The molecule has 0 aliphatic carbocycles. The van der Waals surface area contributed by atoms with Crippen molar-refractivity contribution in [3.05, 3.63) is 90.1 Å². The number of carbonyl (C=O) groups excluding carboxylic acids is 3. The van der Waals surface area contributed by atoms with Crippen molar-refractivity contribution in [2.24, 2.45) is 4.99 Å². The Hall–Kier alpha value is -4.37. The SMILES string of the molecule is CC(=O)Nc1ccc(NC(=O)C(C)SC2=N/C(=C/c3ccc(N(C)C)cc3)C(=O)N2c2ccccc2)cc1. The molecule has 8 nitrogen and oxygen atoms in total. The summed E-state index contributed by atoms with van der Waals surface area (Å²) >= 11 is 1.21. The lowest BCUT2D eigenvalue weighted by Gasteiger charge is -2.20. The number of para-hydroxylation sites is 1. The number of carbonyl (C=O) groups is 3. The lowest BCUT2D eigenvalue weighted by atomic mass is 10.1. The van der Waals surface area contributed by atoms with Crippen molar-refractivity contribution in [1.29, 1.82) is 0 Å². The summed E-state index contributed by atoms with van der Waals surface area (Å²) < 4.78 is 0. The lowest BCUT2D eigenvalue weighted by molar-refractivity contribution is -0.116. The van der Waals surface area contributed by atoms with Crippen LogP contribution in [0, 0.1) is 0 Å². The molecule has 3 aromatic carbocycles. The van der Waals surface area contributed by atoms with E-state index in [1.165, 1.54) is 23.6 Å². The van der Waals surface area contributed by atoms with Crippen molar-refractivity contribution in [2.45, 2.75) is 19.1 Å². The molecule has 3 aromatic rings. The lowest BCUT2D eigenvalue weighted by Crippen LogP contribution is -2.33. The Morgan fingerprint density at radius 2 is 1.53 bits per heavy atom. The summed E-state index contributed by atoms with van der Waals surface area (Å²) in [5.74, 6) is -0.653. The molecule has 0 aromatic heterocycles. The van der Waals surface area contributed by atoms with Crippen LogP contribution in [0.15, 0.2) is 89.6 Å². The van der Waals surface area contributed by atoms with Crippen LogP contribution in [0.2, 0.25) is 0 Å². The van der Waals surface area contributed by atoms with Crippen LogP contribution in [-0.4, -0.2) is 42.2 Å². The molecule has 0 radical (unpaired) electrons. The fraction of sp³-hybridized carbons (Fsp3) is 0.172. The molecule has 0 bridgehead atoms. The highest BCUT2D eigenvalue weighted by atomic mass is 32.2. The number of nitrogens with zero attached hydrogens (tertiary/aromatic N) is 3. The first-order valence-corrected chi connectivity index (χ1v) is 12.9. The number of amidine groups is 1. The molecule has 4 rings (SSSR count). The molecule has 0 saturated heterocycles. The van der Waals surface area contributed by atoms with Gasteiger partial charge in [-0.05, 0) is 67.1 Å². The van der Waals surface area contributed by atoms with Crippen LogP contribution in [0.3, 0.4) is 0 Å². The monoisotopic (exact) mass is 527 g/mol. The summed E-state index contributed by atoms with van der Waals surface area (Å²) in [4.78, 5) is 45.8. The van der Waals surface area contributed by atoms with Crippen molar-refractivity contribution in [3.8, 4) is 0 Å². The second-order valence-electron chi connectivity index (χ2n) is 8.89. The molecule has 1 aliphatic heterocycles. The zero-order valence-corrected chi connectivity index (χ0v) is 22.5. The molecule has 194 valence electrons. The van der Waals surface area contributed by atoms with Gasteiger partial charge < -0.3 is 15.5 Å². The van der Waals surface area contributed by atoms with Gasteiger partial charge in [0.2, 0.25) is 11.8 Å². The molecule has 9 heteroatoms. The van der Waals surface area contributed by atoms with Gasteiger partial charge in [-0.25, -0.2) is 4.99 Å². The first kappa shape index (κ1) is 26.7. The molecule has 0 spiro atoms. The first-order chi connectivity index (χ1) is 18.2. The van der Waals surface area contributed by atoms with Crippen LogP contribution < -0.4 is 20.4 Å². The maximum atomic E-state index is 13.4. The van der Waals surface area contributed by atoms with Gasteiger partial charge in [-0.3, -0.25) is 19.3 Å². The molecule has 38 heavy (non-hydrogen) atoms. The zero-order valence-electron chi connectivity index (χ0n) is 21.6. The fourth-order valence-corrected chi connectivity index (χ4v) is 4.63. The molecule has 1 unspecified atom stereocenters. The van der Waals surface area contributed by atoms with E-state index < -0.39 is 5.25 Å². The summed E-state index contributed by atoms with van der Waals surface area (Å²) in [6.07, 6.45) is 1.76. The minimum Gasteiger partial charge on any atom is -0.378 e. The number of rotatable bonds is 7. The van der Waals surface area contributed by atoms with Crippen molar-refractivity contribution in [3.63, 3.8) is 0 Å². The van der Waals surface area contributed by atoms with Crippen LogP contribution in [0.5, 0.6) is 0 Å². The second kappa shape index (κ2) is 11.8. The molecular weight excluding hydrogens is 498 g/mol. The van der Waals surface area contributed by atoms with E-state index in [1.54, 1.807) is 37.3 Å². The number of anilines is 4. The van der Waals surface area contributed by atoms with E-state index in [2.05, 4.69) is 15.6 Å². The van der Waals surface area contributed by atoms with Gasteiger partial charge in [-0.1, -0.05) is 42.1 Å². The molecule has 2 N–H and O–H groups in total. The van der Waals surface area contributed by atoms with Gasteiger partial charge in [0.25, 0.3) is 5.91 Å². The van der Waals surface area contributed by atoms with Gasteiger partial charge in [0, 0.05) is 38.1 Å². The third-order valence-electron chi connectivity index (χ3n) is 5.68. The second-order valence-corrected chi connectivity index (χ2v) is 10.2. The van der Waals surface area contributed by atoms with Gasteiger partial charge in [0.05, 0.1) is 10.9 Å². The Morgan fingerprint density at radius 1 is 0.921 bits per heavy atom. The predicted molar refractivity (Wildman–Crippen MR) is 157 cm³/mol. The number of nitrogens with one attached hydrogen (secondary N) is 2. The van der Waals surface area contributed by atoms with E-state index in [0.29, 0.717) is 27.9 Å². The number of aliphatic imine (C=N–C) groups is 1. The van der Waals surface area contributed by atoms with Crippen molar-refractivity contribution < 1.29 is 14.4 Å². The number of amides is 3. The third-order valence-corrected chi connectivity index (χ3v) is 6.73. The average molecular weight is 528 g/mol. The van der Waals surface area contributed by atoms with Crippen LogP contribution in [0.1, 0.15) is 19.4 Å². The average Bonchev–Trinajstić information content (AvgIpc) is 3.19. The number of thioether (sulfide) groups is 1. The van der Waals surface area contributed by atoms with Gasteiger partial charge >= 0.3 is 0 Å². The van der Waals surface area contributed by atoms with E-state index in [9.17, 15) is 14.4 Å². The van der Waals surface area contributed by atoms with Gasteiger partial charge in [0.1, 0.15) is 5.70 Å². The highest BCUT2D eigenvalue weighted by Crippen LogP contribution is 2.31. The normalized spacial score (nSPS) is 14.7. The Morgan fingerprint density at radius 3 is 2.11 bits per heavy atom. The van der Waals surface area contributed by atoms with Gasteiger partial charge in [-0.2, -0.15) is 0 Å². The Labute approximate surface area is 226 Å². The Bertz CT molecular complexity index is 1380. The highest BCUT2D eigenvalue weighted by molar-refractivity contribution is 8.15. The van der Waals surface area contributed by atoms with E-state index in [1.807, 2.05) is 73.6 Å². The summed E-state index contributed by atoms with van der Waals surface area (Å²) in [6, 6.07) is 24.0. The quantitative estimate of drug-likeness (QED) is 0.411. The number of benzene rings is 3. The summed E-state index contributed by atoms with van der Waals surface area (Å²) in [6.45, 7) is 3.20. The van der Waals surface area contributed by atoms with Gasteiger partial charge in [0.15, 0.2) is 5.17 Å². The topological polar surface area (TPSA) is 94.1 Å². The summed E-state index contributed by atoms with van der Waals surface area (Å²) in [7, 11) is 3.94. The summed E-state index contributed by atoms with van der Waals surface area (Å²) in [5.41, 5.74) is 4.13. The minimum atomic E-state index is -0.540. The maximum Gasteiger partial charge on any atom is 0.283 e. The van der Waals surface area contributed by atoms with Crippen molar-refractivity contribution in [2.75, 3.05) is 34.5 Å². The smallest absolute Gasteiger partial charge is 0.283 e. The number of hydrogen-bond donors (Lipinski definition) is 2. The fourth-order valence-electron chi connectivity index (χ4n) is 3.70. The minimum absolute atomic E-state index is 0.166. The van der Waals surface area contributed by atoms with Crippen molar-refractivity contribution >= 4 is 63.5 Å². The molecule has 0 saturated carbocycles. The Kier molecular flexibility index (Phi) is 8.28. The van der Waals surface area contributed by atoms with E-state index in [4.69, 9.17) is 0 Å². The standard InChI is InChI=1S/C29H29N5O3S/c1-19(27(36)31-23-14-12-22(13-15-23)30-20(2)35)38-29-32-26(18-21-10-16-24(17-11-21)33(3)4)28(37)34(29)25-8-6-5-7-9-25/h5-19H,1-4H3,(H,30,35)(H,31,36)/b26-18+. The van der Waals surface area contributed by atoms with E-state index in [0.717, 1.165) is 11.3 Å². The third kappa shape index (κ3) is 6.49. The predicted octanol–water partition coefficient (Wildman–Crippen LogP) is 5.22. The molecule has 0 fully saturated rings. The summed E-state index contributed by atoms with van der Waals surface area (Å²) in [5, 5.41) is 5.46. The van der Waals surface area contributed by atoms with Crippen LogP contribution >= 0.6 is 11.8 Å². The molecule has 1 heterocycles. The highest BCUT2D eigenvalue weighted by Gasteiger charge is 2.34. The maximum absolute atomic E-state index is 13.4. The zero-order chi connectivity index (χ0) is 27.2. The molecule has 1 aliphatic rings. The van der Waals surface area contributed by atoms with Crippen LogP contribution in [-0.2, 0) is 14.4 Å². The molecular formula is C29H29N5O3S. The molecule has 1 atom stereocenters. The molecule has 3 amide bonds. The largest absolute Gasteiger partial charge is 0.378 e. The van der Waals surface area contributed by atoms with E-state index in [-0.39, 0.29) is 17.7 Å². The first-order valence-electron chi connectivity index (χ1n) is 12.0. The Balaban J connectivity index is 1.54. The van der Waals surface area contributed by atoms with E-state index >= 15 is 0 Å². The van der Waals surface area contributed by atoms with Crippen molar-refractivity contribution in [1.82, 2.24) is 0 Å². The van der Waals surface area contributed by atoms with Gasteiger partial charge in [-0.15, -0.1) is 0 Å². The number of hydrogen-bond acceptors (Lipinski definition) is 6. The van der Waals surface area contributed by atoms with Crippen LogP contribution in [0.4, 0.5) is 22.7 Å². The van der Waals surface area contributed by atoms with Crippen LogP contribution in [0.25, 0.3) is 6.08 Å².